The topological polar surface area (TPSA) is 93.5 Å². The number of hydrogen-bond acceptors (Lipinski definition) is 5. The lowest BCUT2D eigenvalue weighted by atomic mass is 9.95. The molecule has 3 aliphatic rings. The number of fused-ring (bicyclic) bond motifs is 1. The summed E-state index contributed by atoms with van der Waals surface area (Å²) in [6.45, 7) is 8.61. The minimum Gasteiger partial charge on any atom is -0.501 e. The van der Waals surface area contributed by atoms with Gasteiger partial charge in [-0.25, -0.2) is 13.4 Å². The van der Waals surface area contributed by atoms with Crippen LogP contribution in [0.25, 0.3) is 11.0 Å². The number of nitrogens with one attached hydrogen (secondary N) is 1. The first-order valence-electron chi connectivity index (χ1n) is 12.7. The van der Waals surface area contributed by atoms with Gasteiger partial charge in [0.05, 0.1) is 28.8 Å². The Balaban J connectivity index is 1.38. The Hall–Kier alpha value is -2.39. The minimum atomic E-state index is -3.65. The van der Waals surface area contributed by atoms with Gasteiger partial charge < -0.3 is 14.6 Å². The highest BCUT2D eigenvalue weighted by molar-refractivity contribution is 7.89. The number of ether oxygens (including phenoxy) is 1. The molecule has 1 amide bonds. The number of amides is 1. The molecule has 1 N–H and O–H groups in total. The molecule has 0 radical (unpaired) electrons. The zero-order valence-electron chi connectivity index (χ0n) is 20.9. The summed E-state index contributed by atoms with van der Waals surface area (Å²) in [5, 5.41) is 3.05. The Morgan fingerprint density at radius 1 is 1.14 bits per heavy atom. The number of aromatic nitrogens is 2. The first-order chi connectivity index (χ1) is 16.6. The van der Waals surface area contributed by atoms with E-state index in [-0.39, 0.29) is 22.1 Å². The maximum Gasteiger partial charge on any atom is 0.243 e. The first kappa shape index (κ1) is 24.3. The monoisotopic (exact) mass is 500 g/mol. The Labute approximate surface area is 207 Å². The molecule has 0 spiro atoms. The van der Waals surface area contributed by atoms with Crippen molar-refractivity contribution < 1.29 is 17.9 Å². The van der Waals surface area contributed by atoms with Gasteiger partial charge in [0, 0.05) is 42.9 Å². The van der Waals surface area contributed by atoms with Crippen molar-refractivity contribution >= 4 is 27.0 Å². The number of carbonyl (C=O) groups excluding carboxylic acids is 1. The molecule has 2 aromatic rings. The van der Waals surface area contributed by atoms with Gasteiger partial charge >= 0.3 is 0 Å². The number of allylic oxidation sites excluding steroid dienone is 1. The van der Waals surface area contributed by atoms with Crippen LogP contribution in [0.3, 0.4) is 0 Å². The summed E-state index contributed by atoms with van der Waals surface area (Å²) in [4.78, 5) is 17.6. The summed E-state index contributed by atoms with van der Waals surface area (Å²) >= 11 is 0. The third-order valence-electron chi connectivity index (χ3n) is 7.25. The maximum absolute atomic E-state index is 13.5. The molecule has 190 valence electrons. The third kappa shape index (κ3) is 5.11. The van der Waals surface area contributed by atoms with Crippen LogP contribution in [0.1, 0.15) is 58.7 Å². The molecule has 1 atom stereocenters. The van der Waals surface area contributed by atoms with Crippen molar-refractivity contribution in [3.05, 3.63) is 36.4 Å². The summed E-state index contributed by atoms with van der Waals surface area (Å²) in [5.74, 6) is 1.27. The Morgan fingerprint density at radius 3 is 2.51 bits per heavy atom. The number of piperidine rings is 1. The van der Waals surface area contributed by atoms with Crippen molar-refractivity contribution in [3.8, 4) is 0 Å². The summed E-state index contributed by atoms with van der Waals surface area (Å²) in [6, 6.07) is 5.63. The van der Waals surface area contributed by atoms with Crippen molar-refractivity contribution in [2.24, 2.45) is 11.8 Å². The average molecular weight is 501 g/mol. The molecule has 1 aromatic heterocycles. The maximum atomic E-state index is 13.5. The van der Waals surface area contributed by atoms with E-state index in [1.807, 2.05) is 6.07 Å². The predicted molar refractivity (Wildman–Crippen MR) is 134 cm³/mol. The molecule has 2 fully saturated rings. The molecule has 0 bridgehead atoms. The minimum absolute atomic E-state index is 0.0746. The summed E-state index contributed by atoms with van der Waals surface area (Å²) in [6.07, 6.45) is 8.03. The molecule has 1 aromatic carbocycles. The van der Waals surface area contributed by atoms with Crippen LogP contribution >= 0.6 is 0 Å². The van der Waals surface area contributed by atoms with E-state index in [0.717, 1.165) is 37.1 Å². The SMILES string of the molecule is CC(C)(C)c1nc2cc(S(=O)(=O)N3CCC(C(=O)NC4CC4)CC3)ccc2n1CC1C=COCC1. The van der Waals surface area contributed by atoms with Gasteiger partial charge in [0.2, 0.25) is 15.9 Å². The fourth-order valence-corrected chi connectivity index (χ4v) is 6.51. The Morgan fingerprint density at radius 2 is 1.89 bits per heavy atom. The number of rotatable bonds is 6. The average Bonchev–Trinajstić information content (AvgIpc) is 3.57. The van der Waals surface area contributed by atoms with Crippen molar-refractivity contribution in [2.75, 3.05) is 19.7 Å². The van der Waals surface area contributed by atoms with Crippen molar-refractivity contribution in [2.45, 2.75) is 75.8 Å². The lowest BCUT2D eigenvalue weighted by Crippen LogP contribution is -2.43. The number of sulfonamides is 1. The fraction of sp³-hybridized carbons (Fsp3) is 0.615. The number of hydrogen-bond donors (Lipinski definition) is 1. The van der Waals surface area contributed by atoms with Crippen LogP contribution in [-0.4, -0.2) is 53.9 Å². The van der Waals surface area contributed by atoms with Crippen molar-refractivity contribution in [1.82, 2.24) is 19.2 Å². The number of benzene rings is 1. The van der Waals surface area contributed by atoms with Crippen LogP contribution in [0.5, 0.6) is 0 Å². The molecule has 3 heterocycles. The van der Waals surface area contributed by atoms with Crippen LogP contribution < -0.4 is 5.32 Å². The van der Waals surface area contributed by atoms with E-state index in [0.29, 0.717) is 50.0 Å². The van der Waals surface area contributed by atoms with E-state index in [1.165, 1.54) is 4.31 Å². The second-order valence-corrected chi connectivity index (χ2v) is 13.1. The van der Waals surface area contributed by atoms with Crippen LogP contribution in [0.2, 0.25) is 0 Å². The zero-order valence-corrected chi connectivity index (χ0v) is 21.7. The molecule has 35 heavy (non-hydrogen) atoms. The van der Waals surface area contributed by atoms with E-state index in [2.05, 4.69) is 36.7 Å². The first-order valence-corrected chi connectivity index (χ1v) is 14.2. The van der Waals surface area contributed by atoms with Gasteiger partial charge in [0.15, 0.2) is 0 Å². The second kappa shape index (κ2) is 9.24. The summed E-state index contributed by atoms with van der Waals surface area (Å²) in [7, 11) is -3.65. The molecule has 1 saturated carbocycles. The van der Waals surface area contributed by atoms with E-state index in [4.69, 9.17) is 9.72 Å². The quantitative estimate of drug-likeness (QED) is 0.655. The highest BCUT2D eigenvalue weighted by Gasteiger charge is 2.34. The Bertz CT molecular complexity index is 1230. The highest BCUT2D eigenvalue weighted by Crippen LogP contribution is 2.31. The predicted octanol–water partition coefficient (Wildman–Crippen LogP) is 3.56. The van der Waals surface area contributed by atoms with Gasteiger partial charge in [-0.1, -0.05) is 20.8 Å². The fourth-order valence-electron chi connectivity index (χ4n) is 5.02. The van der Waals surface area contributed by atoms with Gasteiger partial charge in [0.25, 0.3) is 0 Å². The van der Waals surface area contributed by atoms with Gasteiger partial charge in [0.1, 0.15) is 5.82 Å². The molecule has 2 aliphatic heterocycles. The number of nitrogens with zero attached hydrogens (tertiary/aromatic N) is 3. The van der Waals surface area contributed by atoms with Crippen LogP contribution in [0.15, 0.2) is 35.4 Å². The Kier molecular flexibility index (Phi) is 6.42. The molecule has 1 unspecified atom stereocenters. The number of imidazole rings is 1. The van der Waals surface area contributed by atoms with Crippen LogP contribution in [0.4, 0.5) is 0 Å². The van der Waals surface area contributed by atoms with E-state index < -0.39 is 10.0 Å². The summed E-state index contributed by atoms with van der Waals surface area (Å²) in [5.41, 5.74) is 1.46. The molecular weight excluding hydrogens is 464 g/mol. The molecule has 8 nitrogen and oxygen atoms in total. The van der Waals surface area contributed by atoms with Gasteiger partial charge in [-0.3, -0.25) is 4.79 Å². The lowest BCUT2D eigenvalue weighted by molar-refractivity contribution is -0.126. The molecular formula is C26H36N4O4S. The normalized spacial score (nSPS) is 22.3. The number of carbonyl (C=O) groups is 1. The molecule has 1 saturated heterocycles. The lowest BCUT2D eigenvalue weighted by Gasteiger charge is -2.30. The summed E-state index contributed by atoms with van der Waals surface area (Å²) < 4.78 is 36.0. The van der Waals surface area contributed by atoms with Gasteiger partial charge in [-0.2, -0.15) is 4.31 Å². The largest absolute Gasteiger partial charge is 0.501 e. The van der Waals surface area contributed by atoms with Gasteiger partial charge in [-0.15, -0.1) is 0 Å². The standard InChI is InChI=1S/C26H36N4O4S/c1-26(2,3)25-28-22-16-21(6-7-23(22)30(25)17-18-10-14-34-15-11-18)35(32,33)29-12-8-19(9-13-29)24(31)27-20-4-5-20/h6-7,10,14,16,18-20H,4-5,8-9,11-13,15,17H2,1-3H3,(H,27,31). The second-order valence-electron chi connectivity index (χ2n) is 11.2. The van der Waals surface area contributed by atoms with Crippen LogP contribution in [-0.2, 0) is 31.5 Å². The molecule has 5 rings (SSSR count). The molecule has 1 aliphatic carbocycles. The molecule has 9 heteroatoms. The van der Waals surface area contributed by atoms with Crippen LogP contribution in [0, 0.1) is 11.8 Å². The van der Waals surface area contributed by atoms with Crippen molar-refractivity contribution in [1.29, 1.82) is 0 Å². The van der Waals surface area contributed by atoms with E-state index >= 15 is 0 Å². The smallest absolute Gasteiger partial charge is 0.243 e. The van der Waals surface area contributed by atoms with E-state index in [1.54, 1.807) is 18.4 Å². The highest BCUT2D eigenvalue weighted by atomic mass is 32.2. The van der Waals surface area contributed by atoms with Gasteiger partial charge in [-0.05, 0) is 56.4 Å². The van der Waals surface area contributed by atoms with E-state index in [9.17, 15) is 13.2 Å². The third-order valence-corrected chi connectivity index (χ3v) is 9.14. The zero-order chi connectivity index (χ0) is 24.8. The van der Waals surface area contributed by atoms with Crippen molar-refractivity contribution in [3.63, 3.8) is 0 Å².